The van der Waals surface area contributed by atoms with Crippen LogP contribution >= 0.6 is 0 Å². The number of aromatic nitrogens is 1. The van der Waals surface area contributed by atoms with Crippen LogP contribution in [0.1, 0.15) is 30.4 Å². The predicted octanol–water partition coefficient (Wildman–Crippen LogP) is 2.05. The van der Waals surface area contributed by atoms with Crippen LogP contribution in [0.25, 0.3) is 0 Å². The maximum Gasteiger partial charge on any atom is 0.247 e. The number of benzene rings is 1. The van der Waals surface area contributed by atoms with E-state index >= 15 is 0 Å². The van der Waals surface area contributed by atoms with Crippen molar-refractivity contribution in [3.63, 3.8) is 0 Å². The molecule has 0 spiro atoms. The van der Waals surface area contributed by atoms with Crippen LogP contribution in [0.5, 0.6) is 0 Å². The van der Waals surface area contributed by atoms with E-state index in [2.05, 4.69) is 27.3 Å². The fraction of sp³-hybridized carbons (Fsp3) is 0.368. The first-order valence-electron chi connectivity index (χ1n) is 8.46. The molecule has 126 valence electrons. The van der Waals surface area contributed by atoms with Crippen molar-refractivity contribution < 1.29 is 4.79 Å². The molecule has 2 heterocycles. The van der Waals surface area contributed by atoms with Crippen molar-refractivity contribution in [2.45, 2.75) is 38.4 Å². The summed E-state index contributed by atoms with van der Waals surface area (Å²) in [4.78, 5) is 28.6. The fourth-order valence-corrected chi connectivity index (χ4v) is 3.15. The first kappa shape index (κ1) is 16.5. The Morgan fingerprint density at radius 3 is 2.71 bits per heavy atom. The van der Waals surface area contributed by atoms with Gasteiger partial charge in [-0.1, -0.05) is 42.8 Å². The first-order chi connectivity index (χ1) is 11.7. The summed E-state index contributed by atoms with van der Waals surface area (Å²) >= 11 is 0. The number of carbonyl (C=O) groups is 1. The second-order valence-electron chi connectivity index (χ2n) is 6.25. The number of aromatic amines is 1. The number of carbonyl (C=O) groups excluding carboxylic acids is 1. The molecule has 0 radical (unpaired) electrons. The lowest BCUT2D eigenvalue weighted by Crippen LogP contribution is -2.48. The van der Waals surface area contributed by atoms with Crippen LogP contribution < -0.4 is 10.9 Å². The van der Waals surface area contributed by atoms with Gasteiger partial charge in [-0.15, -0.1) is 0 Å². The Labute approximate surface area is 141 Å². The van der Waals surface area contributed by atoms with E-state index in [-0.39, 0.29) is 17.5 Å². The Bertz CT molecular complexity index is 706. The Morgan fingerprint density at radius 2 is 1.96 bits per heavy atom. The van der Waals surface area contributed by atoms with E-state index in [1.807, 2.05) is 18.2 Å². The van der Waals surface area contributed by atoms with Crippen molar-refractivity contribution in [3.8, 4) is 0 Å². The molecule has 1 atom stereocenters. The molecule has 0 bridgehead atoms. The number of H-pyrrole nitrogens is 1. The van der Waals surface area contributed by atoms with E-state index in [1.165, 1.54) is 11.6 Å². The molecule has 1 aliphatic rings. The molecule has 0 aliphatic carbocycles. The average molecular weight is 325 g/mol. The monoisotopic (exact) mass is 325 g/mol. The highest BCUT2D eigenvalue weighted by atomic mass is 16.2. The predicted molar refractivity (Wildman–Crippen MR) is 93.4 cm³/mol. The highest BCUT2D eigenvalue weighted by molar-refractivity contribution is 5.81. The Balaban J connectivity index is 1.60. The Morgan fingerprint density at radius 1 is 1.12 bits per heavy atom. The lowest BCUT2D eigenvalue weighted by atomic mass is 10.0. The van der Waals surface area contributed by atoms with Gasteiger partial charge in [0.15, 0.2) is 0 Å². The lowest BCUT2D eigenvalue weighted by Gasteiger charge is -2.34. The minimum atomic E-state index is -0.133. The summed E-state index contributed by atoms with van der Waals surface area (Å²) in [6, 6.07) is 13.4. The summed E-state index contributed by atoms with van der Waals surface area (Å²) in [7, 11) is 0. The fourth-order valence-electron chi connectivity index (χ4n) is 3.15. The SMILES string of the molecule is O=C(NCc1ccc(=O)[nH]c1)C1CCCCN1Cc1ccccc1. The number of piperidine rings is 1. The number of amides is 1. The van der Waals surface area contributed by atoms with Crippen LogP contribution in [-0.4, -0.2) is 28.4 Å². The standard InChI is InChI=1S/C19H23N3O2/c23-18-10-9-16(12-20-18)13-21-19(24)17-8-4-5-11-22(17)14-15-6-2-1-3-7-15/h1-3,6-7,9-10,12,17H,4-5,8,11,13-14H2,(H,20,23)(H,21,24). The van der Waals surface area contributed by atoms with Gasteiger partial charge < -0.3 is 10.3 Å². The van der Waals surface area contributed by atoms with E-state index in [4.69, 9.17) is 0 Å². The van der Waals surface area contributed by atoms with E-state index in [0.29, 0.717) is 6.54 Å². The quantitative estimate of drug-likeness (QED) is 0.884. The molecule has 2 aromatic rings. The minimum absolute atomic E-state index is 0.0665. The maximum atomic E-state index is 12.6. The smallest absolute Gasteiger partial charge is 0.247 e. The molecule has 1 aromatic heterocycles. The second kappa shape index (κ2) is 7.93. The Kier molecular flexibility index (Phi) is 5.43. The van der Waals surface area contributed by atoms with Crippen molar-refractivity contribution in [1.82, 2.24) is 15.2 Å². The molecule has 1 unspecified atom stereocenters. The number of pyridine rings is 1. The normalized spacial score (nSPS) is 18.2. The summed E-state index contributed by atoms with van der Waals surface area (Å²) in [6.07, 6.45) is 4.76. The number of hydrogen-bond acceptors (Lipinski definition) is 3. The maximum absolute atomic E-state index is 12.6. The average Bonchev–Trinajstić information content (AvgIpc) is 2.62. The minimum Gasteiger partial charge on any atom is -0.351 e. The van der Waals surface area contributed by atoms with E-state index < -0.39 is 0 Å². The van der Waals surface area contributed by atoms with Crippen molar-refractivity contribution in [1.29, 1.82) is 0 Å². The summed E-state index contributed by atoms with van der Waals surface area (Å²) in [5, 5.41) is 3.00. The number of likely N-dealkylation sites (tertiary alicyclic amines) is 1. The molecule has 3 rings (SSSR count). The molecule has 1 fully saturated rings. The third kappa shape index (κ3) is 4.32. The summed E-state index contributed by atoms with van der Waals surface area (Å²) < 4.78 is 0. The topological polar surface area (TPSA) is 65.2 Å². The number of nitrogens with one attached hydrogen (secondary N) is 2. The molecule has 0 saturated carbocycles. The van der Waals surface area contributed by atoms with Gasteiger partial charge in [0.25, 0.3) is 0 Å². The van der Waals surface area contributed by atoms with Crippen LogP contribution in [0, 0.1) is 0 Å². The zero-order chi connectivity index (χ0) is 16.8. The molecule has 1 aromatic carbocycles. The Hall–Kier alpha value is -2.40. The van der Waals surface area contributed by atoms with Gasteiger partial charge >= 0.3 is 0 Å². The number of nitrogens with zero attached hydrogens (tertiary/aromatic N) is 1. The van der Waals surface area contributed by atoms with Gasteiger partial charge in [0, 0.05) is 25.4 Å². The summed E-state index contributed by atoms with van der Waals surface area (Å²) in [6.45, 7) is 2.19. The molecule has 5 nitrogen and oxygen atoms in total. The highest BCUT2D eigenvalue weighted by Crippen LogP contribution is 2.20. The third-order valence-corrected chi connectivity index (χ3v) is 4.46. The van der Waals surface area contributed by atoms with Crippen LogP contribution in [-0.2, 0) is 17.9 Å². The van der Waals surface area contributed by atoms with Gasteiger partial charge in [-0.3, -0.25) is 14.5 Å². The molecular weight excluding hydrogens is 302 g/mol. The molecular formula is C19H23N3O2. The van der Waals surface area contributed by atoms with Crippen LogP contribution in [0.15, 0.2) is 53.5 Å². The van der Waals surface area contributed by atoms with Crippen LogP contribution in [0.3, 0.4) is 0 Å². The molecule has 1 amide bonds. The zero-order valence-electron chi connectivity index (χ0n) is 13.7. The van der Waals surface area contributed by atoms with Crippen molar-refractivity contribution >= 4 is 5.91 Å². The van der Waals surface area contributed by atoms with E-state index in [1.54, 1.807) is 12.3 Å². The second-order valence-corrected chi connectivity index (χ2v) is 6.25. The van der Waals surface area contributed by atoms with Crippen LogP contribution in [0.4, 0.5) is 0 Å². The van der Waals surface area contributed by atoms with Gasteiger partial charge in [0.05, 0.1) is 6.04 Å². The van der Waals surface area contributed by atoms with Crippen molar-refractivity contribution in [2.75, 3.05) is 6.54 Å². The summed E-state index contributed by atoms with van der Waals surface area (Å²) in [5.74, 6) is 0.0665. The molecule has 2 N–H and O–H groups in total. The van der Waals surface area contributed by atoms with Gasteiger partial charge in [-0.05, 0) is 30.5 Å². The van der Waals surface area contributed by atoms with Gasteiger partial charge in [-0.2, -0.15) is 0 Å². The highest BCUT2D eigenvalue weighted by Gasteiger charge is 2.28. The lowest BCUT2D eigenvalue weighted by molar-refractivity contribution is -0.128. The number of hydrogen-bond donors (Lipinski definition) is 2. The largest absolute Gasteiger partial charge is 0.351 e. The van der Waals surface area contributed by atoms with Gasteiger partial charge in [0.2, 0.25) is 11.5 Å². The van der Waals surface area contributed by atoms with E-state index in [0.717, 1.165) is 37.9 Å². The van der Waals surface area contributed by atoms with Crippen molar-refractivity contribution in [2.24, 2.45) is 0 Å². The first-order valence-corrected chi connectivity index (χ1v) is 8.46. The van der Waals surface area contributed by atoms with E-state index in [9.17, 15) is 9.59 Å². The van der Waals surface area contributed by atoms with Gasteiger partial charge in [0.1, 0.15) is 0 Å². The molecule has 5 heteroatoms. The van der Waals surface area contributed by atoms with Crippen LogP contribution in [0.2, 0.25) is 0 Å². The third-order valence-electron chi connectivity index (χ3n) is 4.46. The zero-order valence-corrected chi connectivity index (χ0v) is 13.7. The molecule has 1 aliphatic heterocycles. The van der Waals surface area contributed by atoms with Gasteiger partial charge in [-0.25, -0.2) is 0 Å². The molecule has 1 saturated heterocycles. The number of rotatable bonds is 5. The van der Waals surface area contributed by atoms with Crippen molar-refractivity contribution in [3.05, 3.63) is 70.1 Å². The summed E-state index contributed by atoms with van der Waals surface area (Å²) in [5.41, 5.74) is 2.00. The molecule has 24 heavy (non-hydrogen) atoms.